The van der Waals surface area contributed by atoms with Crippen LogP contribution in [0.1, 0.15) is 18.1 Å². The Morgan fingerprint density at radius 2 is 2.06 bits per heavy atom. The molecule has 176 valence electrons. The Hall–Kier alpha value is -2.51. The molecule has 2 aromatic rings. The van der Waals surface area contributed by atoms with E-state index in [1.54, 1.807) is 33.9 Å². The number of anilines is 1. The number of halogens is 4. The van der Waals surface area contributed by atoms with Crippen LogP contribution in [0.15, 0.2) is 35.6 Å². The molecule has 8 nitrogen and oxygen atoms in total. The molecule has 0 saturated carbocycles. The summed E-state index contributed by atoms with van der Waals surface area (Å²) in [5.41, 5.74) is -0.0462. The van der Waals surface area contributed by atoms with Gasteiger partial charge in [-0.05, 0) is 24.6 Å². The predicted octanol–water partition coefficient (Wildman–Crippen LogP) is 2.88. The second kappa shape index (κ2) is 10.9. The second-order valence-electron chi connectivity index (χ2n) is 7.03. The van der Waals surface area contributed by atoms with Crippen LogP contribution < -0.4 is 15.0 Å². The summed E-state index contributed by atoms with van der Waals surface area (Å²) in [6.45, 7) is 3.17. The van der Waals surface area contributed by atoms with E-state index in [9.17, 15) is 18.0 Å². The molecule has 0 radical (unpaired) electrons. The molecule has 12 heteroatoms. The smallest absolute Gasteiger partial charge is 0.416 e. The molecule has 1 saturated heterocycles. The second-order valence-corrected chi connectivity index (χ2v) is 7.03. The molecule has 0 atom stereocenters. The summed E-state index contributed by atoms with van der Waals surface area (Å²) in [4.78, 5) is 20.4. The van der Waals surface area contributed by atoms with Gasteiger partial charge in [0.2, 0.25) is 5.91 Å². The Kier molecular flexibility index (Phi) is 8.75. The highest BCUT2D eigenvalue weighted by Crippen LogP contribution is 2.34. The summed E-state index contributed by atoms with van der Waals surface area (Å²) in [5.74, 6) is 0.389. The van der Waals surface area contributed by atoms with E-state index in [1.165, 1.54) is 19.2 Å². The number of nitrogens with one attached hydrogen (secondary N) is 1. The van der Waals surface area contributed by atoms with E-state index in [2.05, 4.69) is 15.4 Å². The molecule has 1 aliphatic heterocycles. The third-order valence-corrected chi connectivity index (χ3v) is 4.88. The number of methoxy groups -OCH3 is 1. The van der Waals surface area contributed by atoms with Crippen molar-refractivity contribution in [2.24, 2.45) is 12.0 Å². The SMILES string of the molecule is CCNC(=NCc1ccc(OC)cc1C(F)(F)F)N1CCN(c2cnn(C)c2)C(=O)C1.I. The van der Waals surface area contributed by atoms with Crippen molar-refractivity contribution in [3.8, 4) is 5.75 Å². The number of benzene rings is 1. The van der Waals surface area contributed by atoms with Gasteiger partial charge in [0.05, 0.1) is 31.1 Å². The molecular weight excluding hydrogens is 540 g/mol. The molecule has 3 rings (SSSR count). The number of carbonyl (C=O) groups excluding carboxylic acids is 1. The highest BCUT2D eigenvalue weighted by atomic mass is 127. The van der Waals surface area contributed by atoms with Crippen LogP contribution in [0.3, 0.4) is 0 Å². The first-order valence-corrected chi connectivity index (χ1v) is 9.79. The number of aryl methyl sites for hydroxylation is 1. The zero-order valence-electron chi connectivity index (χ0n) is 18.0. The van der Waals surface area contributed by atoms with Crippen molar-refractivity contribution in [3.05, 3.63) is 41.7 Å². The molecular formula is C20H26F3IN6O2. The van der Waals surface area contributed by atoms with Gasteiger partial charge in [-0.3, -0.25) is 9.48 Å². The minimum atomic E-state index is -4.52. The Morgan fingerprint density at radius 3 is 2.62 bits per heavy atom. The van der Waals surface area contributed by atoms with Crippen LogP contribution in [0.25, 0.3) is 0 Å². The maximum absolute atomic E-state index is 13.5. The maximum Gasteiger partial charge on any atom is 0.416 e. The van der Waals surface area contributed by atoms with E-state index in [4.69, 9.17) is 4.74 Å². The highest BCUT2D eigenvalue weighted by molar-refractivity contribution is 14.0. The van der Waals surface area contributed by atoms with E-state index in [0.717, 1.165) is 6.07 Å². The fourth-order valence-electron chi connectivity index (χ4n) is 3.34. The highest BCUT2D eigenvalue weighted by Gasteiger charge is 2.34. The van der Waals surface area contributed by atoms with Crippen molar-refractivity contribution in [1.82, 2.24) is 20.0 Å². The number of aliphatic imine (C=N–C) groups is 1. The minimum Gasteiger partial charge on any atom is -0.497 e. The first-order valence-electron chi connectivity index (χ1n) is 9.79. The van der Waals surface area contributed by atoms with Crippen molar-refractivity contribution < 1.29 is 22.7 Å². The lowest BCUT2D eigenvalue weighted by atomic mass is 10.1. The molecule has 0 unspecified atom stereocenters. The van der Waals surface area contributed by atoms with E-state index < -0.39 is 11.7 Å². The Labute approximate surface area is 201 Å². The minimum absolute atomic E-state index is 0. The molecule has 2 heterocycles. The molecule has 1 amide bonds. The lowest BCUT2D eigenvalue weighted by molar-refractivity contribution is -0.138. The van der Waals surface area contributed by atoms with E-state index >= 15 is 0 Å². The number of guanidine groups is 1. The number of nitrogens with zero attached hydrogens (tertiary/aromatic N) is 5. The van der Waals surface area contributed by atoms with Gasteiger partial charge in [0.25, 0.3) is 0 Å². The van der Waals surface area contributed by atoms with Crippen LogP contribution in [0.4, 0.5) is 18.9 Å². The van der Waals surface area contributed by atoms with Crippen LogP contribution in [-0.4, -0.2) is 59.8 Å². The quantitative estimate of drug-likeness (QED) is 0.343. The molecule has 1 aromatic heterocycles. The number of hydrogen-bond donors (Lipinski definition) is 1. The molecule has 1 aliphatic rings. The fourth-order valence-corrected chi connectivity index (χ4v) is 3.34. The first-order chi connectivity index (χ1) is 14.7. The summed E-state index contributed by atoms with van der Waals surface area (Å²) in [6.07, 6.45) is -1.15. The van der Waals surface area contributed by atoms with Gasteiger partial charge < -0.3 is 19.9 Å². The molecule has 0 bridgehead atoms. The number of hydrogen-bond acceptors (Lipinski definition) is 4. The molecule has 32 heavy (non-hydrogen) atoms. The van der Waals surface area contributed by atoms with Crippen LogP contribution >= 0.6 is 24.0 Å². The summed E-state index contributed by atoms with van der Waals surface area (Å²) in [5, 5.41) is 7.15. The average Bonchev–Trinajstić information content (AvgIpc) is 3.16. The monoisotopic (exact) mass is 566 g/mol. The number of rotatable bonds is 5. The van der Waals surface area contributed by atoms with Crippen LogP contribution in [-0.2, 0) is 24.6 Å². The van der Waals surface area contributed by atoms with Gasteiger partial charge in [0, 0.05) is 32.9 Å². The normalized spacial score (nSPS) is 14.9. The lowest BCUT2D eigenvalue weighted by Crippen LogP contribution is -2.55. The topological polar surface area (TPSA) is 75.0 Å². The van der Waals surface area contributed by atoms with Crippen molar-refractivity contribution in [2.45, 2.75) is 19.6 Å². The van der Waals surface area contributed by atoms with Crippen LogP contribution in [0.5, 0.6) is 5.75 Å². The summed E-state index contributed by atoms with van der Waals surface area (Å²) in [6, 6.07) is 3.80. The van der Waals surface area contributed by atoms with E-state index in [1.807, 2.05) is 6.92 Å². The van der Waals surface area contributed by atoms with Gasteiger partial charge in [0.15, 0.2) is 5.96 Å². The summed E-state index contributed by atoms with van der Waals surface area (Å²) < 4.78 is 46.9. The molecule has 0 spiro atoms. The maximum atomic E-state index is 13.5. The summed E-state index contributed by atoms with van der Waals surface area (Å²) >= 11 is 0. The number of carbonyl (C=O) groups is 1. The number of aromatic nitrogens is 2. The van der Waals surface area contributed by atoms with Crippen molar-refractivity contribution >= 4 is 41.5 Å². The number of amides is 1. The lowest BCUT2D eigenvalue weighted by Gasteiger charge is -2.35. The van der Waals surface area contributed by atoms with Gasteiger partial charge in [-0.25, -0.2) is 4.99 Å². The van der Waals surface area contributed by atoms with Gasteiger partial charge in [-0.15, -0.1) is 24.0 Å². The molecule has 1 aromatic carbocycles. The third kappa shape index (κ3) is 6.04. The third-order valence-electron chi connectivity index (χ3n) is 4.88. The van der Waals surface area contributed by atoms with Crippen molar-refractivity contribution in [1.29, 1.82) is 0 Å². The van der Waals surface area contributed by atoms with Crippen molar-refractivity contribution in [2.75, 3.05) is 38.2 Å². The zero-order valence-corrected chi connectivity index (χ0v) is 20.3. The first kappa shape index (κ1) is 25.7. The largest absolute Gasteiger partial charge is 0.497 e. The summed E-state index contributed by atoms with van der Waals surface area (Å²) in [7, 11) is 3.09. The predicted molar refractivity (Wildman–Crippen MR) is 125 cm³/mol. The number of piperazine rings is 1. The van der Waals surface area contributed by atoms with Crippen LogP contribution in [0.2, 0.25) is 0 Å². The Balaban J connectivity index is 0.00000363. The fraction of sp³-hybridized carbons (Fsp3) is 0.450. The van der Waals surface area contributed by atoms with Gasteiger partial charge in [-0.1, -0.05) is 6.07 Å². The molecule has 1 fully saturated rings. The zero-order chi connectivity index (χ0) is 22.6. The standard InChI is InChI=1S/C20H25F3N6O2.HI/c1-4-24-19(25-10-14-5-6-16(31-3)9-17(14)20(21,22)23)28-7-8-29(18(30)13-28)15-11-26-27(2)12-15;/h5-6,9,11-12H,4,7-8,10,13H2,1-3H3,(H,24,25);1H. The Morgan fingerprint density at radius 1 is 1.31 bits per heavy atom. The van der Waals surface area contributed by atoms with Gasteiger partial charge >= 0.3 is 6.18 Å². The van der Waals surface area contributed by atoms with Gasteiger partial charge in [0.1, 0.15) is 12.3 Å². The van der Waals surface area contributed by atoms with Gasteiger partial charge in [-0.2, -0.15) is 18.3 Å². The molecule has 1 N–H and O–H groups in total. The van der Waals surface area contributed by atoms with Crippen LogP contribution in [0, 0.1) is 0 Å². The molecule has 0 aliphatic carbocycles. The number of alkyl halides is 3. The van der Waals surface area contributed by atoms with E-state index in [0.29, 0.717) is 31.3 Å². The average molecular weight is 566 g/mol. The van der Waals surface area contributed by atoms with Crippen molar-refractivity contribution in [3.63, 3.8) is 0 Å². The Bertz CT molecular complexity index is 963. The number of ether oxygens (including phenoxy) is 1. The van der Waals surface area contributed by atoms with E-state index in [-0.39, 0.29) is 54.3 Å².